The van der Waals surface area contributed by atoms with Crippen LogP contribution in [0.3, 0.4) is 0 Å². The SMILES string of the molecule is COc1cc(/C=C2\SC(=O)N(CCNC(=O)c3cccc(OC(F)F)c3)C2=O)cc(OC)c1OC. The van der Waals surface area contributed by atoms with Crippen LogP contribution in [0.4, 0.5) is 13.6 Å². The lowest BCUT2D eigenvalue weighted by Crippen LogP contribution is -2.37. The summed E-state index contributed by atoms with van der Waals surface area (Å²) < 4.78 is 44.9. The summed E-state index contributed by atoms with van der Waals surface area (Å²) in [5.74, 6) is -0.0658. The summed E-state index contributed by atoms with van der Waals surface area (Å²) in [5.41, 5.74) is 0.656. The molecular weight excluding hydrogens is 486 g/mol. The van der Waals surface area contributed by atoms with E-state index in [1.54, 1.807) is 12.1 Å². The van der Waals surface area contributed by atoms with Crippen LogP contribution in [-0.4, -0.2) is 63.0 Å². The van der Waals surface area contributed by atoms with Crippen LogP contribution in [0.1, 0.15) is 15.9 Å². The van der Waals surface area contributed by atoms with Gasteiger partial charge in [0.2, 0.25) is 5.75 Å². The van der Waals surface area contributed by atoms with Gasteiger partial charge in [-0.05, 0) is 53.7 Å². The fourth-order valence-electron chi connectivity index (χ4n) is 3.23. The highest BCUT2D eigenvalue weighted by molar-refractivity contribution is 8.18. The Morgan fingerprint density at radius 3 is 2.37 bits per heavy atom. The lowest BCUT2D eigenvalue weighted by molar-refractivity contribution is -0.122. The smallest absolute Gasteiger partial charge is 0.387 e. The van der Waals surface area contributed by atoms with Crippen molar-refractivity contribution in [3.05, 3.63) is 52.4 Å². The Kier molecular flexibility index (Phi) is 8.53. The molecule has 1 N–H and O–H groups in total. The number of ether oxygens (including phenoxy) is 4. The zero-order chi connectivity index (χ0) is 25.5. The molecule has 0 spiro atoms. The molecule has 2 aromatic rings. The fraction of sp³-hybridized carbons (Fsp3) is 0.261. The molecular formula is C23H22F2N2O7S. The Hall–Kier alpha value is -3.80. The van der Waals surface area contributed by atoms with Crippen LogP contribution in [0.5, 0.6) is 23.0 Å². The minimum atomic E-state index is -3.01. The van der Waals surface area contributed by atoms with Crippen molar-refractivity contribution in [1.82, 2.24) is 10.2 Å². The predicted molar refractivity (Wildman–Crippen MR) is 124 cm³/mol. The van der Waals surface area contributed by atoms with E-state index in [0.717, 1.165) is 16.7 Å². The van der Waals surface area contributed by atoms with Crippen molar-refractivity contribution in [2.45, 2.75) is 6.61 Å². The quantitative estimate of drug-likeness (QED) is 0.484. The first-order valence-corrected chi connectivity index (χ1v) is 11.0. The number of amides is 3. The average Bonchev–Trinajstić information content (AvgIpc) is 3.10. The van der Waals surface area contributed by atoms with E-state index in [0.29, 0.717) is 22.8 Å². The number of carbonyl (C=O) groups is 3. The number of benzene rings is 2. The van der Waals surface area contributed by atoms with E-state index in [4.69, 9.17) is 14.2 Å². The Morgan fingerprint density at radius 2 is 1.77 bits per heavy atom. The largest absolute Gasteiger partial charge is 0.493 e. The van der Waals surface area contributed by atoms with E-state index in [2.05, 4.69) is 10.1 Å². The van der Waals surface area contributed by atoms with Crippen molar-refractivity contribution in [1.29, 1.82) is 0 Å². The normalized spacial score (nSPS) is 14.5. The maximum absolute atomic E-state index is 12.8. The molecule has 9 nitrogen and oxygen atoms in total. The lowest BCUT2D eigenvalue weighted by Gasteiger charge is -2.14. The maximum atomic E-state index is 12.8. The molecule has 1 saturated heterocycles. The number of hydrogen-bond donors (Lipinski definition) is 1. The molecule has 0 aromatic heterocycles. The molecule has 0 radical (unpaired) electrons. The third-order valence-corrected chi connectivity index (χ3v) is 5.71. The summed E-state index contributed by atoms with van der Waals surface area (Å²) >= 11 is 0.762. The highest BCUT2D eigenvalue weighted by Crippen LogP contribution is 2.40. The molecule has 3 rings (SSSR count). The van der Waals surface area contributed by atoms with Gasteiger partial charge in [-0.2, -0.15) is 8.78 Å². The number of methoxy groups -OCH3 is 3. The first kappa shape index (κ1) is 25.8. The molecule has 1 aliphatic rings. The standard InChI is InChI=1S/C23H22F2N2O7S/c1-31-16-9-13(10-17(32-2)19(16)33-3)11-18-21(29)27(23(30)35-18)8-7-26-20(28)14-5-4-6-15(12-14)34-22(24)25/h4-6,9-12,22H,7-8H2,1-3H3,(H,26,28)/b18-11-. The Bertz CT molecular complexity index is 1130. The molecule has 1 aliphatic heterocycles. The number of alkyl halides is 2. The highest BCUT2D eigenvalue weighted by Gasteiger charge is 2.34. The molecule has 35 heavy (non-hydrogen) atoms. The molecule has 1 fully saturated rings. The molecule has 186 valence electrons. The van der Waals surface area contributed by atoms with Gasteiger partial charge in [-0.15, -0.1) is 0 Å². The minimum Gasteiger partial charge on any atom is -0.493 e. The number of imide groups is 1. The first-order chi connectivity index (χ1) is 16.8. The number of nitrogens with zero attached hydrogens (tertiary/aromatic N) is 1. The maximum Gasteiger partial charge on any atom is 0.387 e. The van der Waals surface area contributed by atoms with Gasteiger partial charge in [0.1, 0.15) is 5.75 Å². The molecule has 0 saturated carbocycles. The average molecular weight is 508 g/mol. The van der Waals surface area contributed by atoms with E-state index in [-0.39, 0.29) is 29.3 Å². The lowest BCUT2D eigenvalue weighted by atomic mass is 10.1. The summed E-state index contributed by atoms with van der Waals surface area (Å²) in [6.45, 7) is -3.12. The van der Waals surface area contributed by atoms with E-state index in [1.807, 2.05) is 0 Å². The summed E-state index contributed by atoms with van der Waals surface area (Å²) in [7, 11) is 4.40. The van der Waals surface area contributed by atoms with Crippen molar-refractivity contribution in [3.63, 3.8) is 0 Å². The number of rotatable bonds is 10. The fourth-order valence-corrected chi connectivity index (χ4v) is 4.09. The van der Waals surface area contributed by atoms with Gasteiger partial charge >= 0.3 is 6.61 Å². The van der Waals surface area contributed by atoms with Crippen LogP contribution in [0.25, 0.3) is 6.08 Å². The summed E-state index contributed by atoms with van der Waals surface area (Å²) in [5, 5.41) is 2.06. The molecule has 0 aliphatic carbocycles. The summed E-state index contributed by atoms with van der Waals surface area (Å²) in [4.78, 5) is 38.7. The van der Waals surface area contributed by atoms with Crippen LogP contribution in [0.2, 0.25) is 0 Å². The zero-order valence-electron chi connectivity index (χ0n) is 19.0. The van der Waals surface area contributed by atoms with Crippen molar-refractivity contribution in [3.8, 4) is 23.0 Å². The van der Waals surface area contributed by atoms with Crippen LogP contribution in [0.15, 0.2) is 41.3 Å². The minimum absolute atomic E-state index is 0.0335. The van der Waals surface area contributed by atoms with E-state index in [9.17, 15) is 23.2 Å². The highest BCUT2D eigenvalue weighted by atomic mass is 32.2. The topological polar surface area (TPSA) is 103 Å². The Balaban J connectivity index is 1.65. The third-order valence-electron chi connectivity index (χ3n) is 4.80. The predicted octanol–water partition coefficient (Wildman–Crippen LogP) is 3.78. The number of thioether (sulfide) groups is 1. The van der Waals surface area contributed by atoms with Crippen LogP contribution < -0.4 is 24.3 Å². The van der Waals surface area contributed by atoms with Crippen LogP contribution >= 0.6 is 11.8 Å². The Labute approximate surface area is 204 Å². The first-order valence-electron chi connectivity index (χ1n) is 10.2. The van der Waals surface area contributed by atoms with Crippen LogP contribution in [-0.2, 0) is 4.79 Å². The van der Waals surface area contributed by atoms with Crippen molar-refractivity contribution < 1.29 is 42.1 Å². The molecule has 0 atom stereocenters. The number of halogens is 2. The molecule has 0 bridgehead atoms. The third kappa shape index (κ3) is 6.21. The van der Waals surface area contributed by atoms with E-state index < -0.39 is 23.7 Å². The second kappa shape index (κ2) is 11.6. The summed E-state index contributed by atoms with van der Waals surface area (Å²) in [6, 6.07) is 8.57. The molecule has 0 unspecified atom stereocenters. The van der Waals surface area contributed by atoms with Gasteiger partial charge in [0.25, 0.3) is 17.1 Å². The number of hydrogen-bond acceptors (Lipinski definition) is 8. The van der Waals surface area contributed by atoms with Gasteiger partial charge in [0.15, 0.2) is 11.5 Å². The second-order valence-electron chi connectivity index (χ2n) is 6.95. The molecule has 2 aromatic carbocycles. The number of carbonyl (C=O) groups excluding carboxylic acids is 3. The van der Waals surface area contributed by atoms with E-state index >= 15 is 0 Å². The van der Waals surface area contributed by atoms with Crippen molar-refractivity contribution in [2.75, 3.05) is 34.4 Å². The van der Waals surface area contributed by atoms with Gasteiger partial charge in [-0.3, -0.25) is 19.3 Å². The molecule has 1 heterocycles. The Morgan fingerprint density at radius 1 is 1.09 bits per heavy atom. The van der Waals surface area contributed by atoms with E-state index in [1.165, 1.54) is 51.7 Å². The van der Waals surface area contributed by atoms with Gasteiger partial charge in [0, 0.05) is 18.7 Å². The van der Waals surface area contributed by atoms with Crippen LogP contribution in [0, 0.1) is 0 Å². The van der Waals surface area contributed by atoms with Crippen molar-refractivity contribution >= 4 is 34.9 Å². The van der Waals surface area contributed by atoms with Gasteiger partial charge in [-0.1, -0.05) is 6.07 Å². The van der Waals surface area contributed by atoms with Gasteiger partial charge < -0.3 is 24.3 Å². The molecule has 3 amide bonds. The molecule has 12 heteroatoms. The number of nitrogens with one attached hydrogen (secondary N) is 1. The van der Waals surface area contributed by atoms with Crippen molar-refractivity contribution in [2.24, 2.45) is 0 Å². The second-order valence-corrected chi connectivity index (χ2v) is 7.95. The zero-order valence-corrected chi connectivity index (χ0v) is 19.8. The van der Waals surface area contributed by atoms with Gasteiger partial charge in [0.05, 0.1) is 26.2 Å². The van der Waals surface area contributed by atoms with Gasteiger partial charge in [-0.25, -0.2) is 0 Å². The summed E-state index contributed by atoms with van der Waals surface area (Å²) in [6.07, 6.45) is 1.53. The monoisotopic (exact) mass is 508 g/mol.